The highest BCUT2D eigenvalue weighted by Gasteiger charge is 2.53. The molecule has 0 aromatic carbocycles. The molecule has 0 saturated heterocycles. The van der Waals surface area contributed by atoms with E-state index in [-0.39, 0.29) is 0 Å². The van der Waals surface area contributed by atoms with Crippen molar-refractivity contribution in [2.45, 2.75) is 49.8 Å². The lowest BCUT2D eigenvalue weighted by molar-refractivity contribution is -0.0521. The van der Waals surface area contributed by atoms with Crippen LogP contribution in [-0.4, -0.2) is 4.83 Å². The van der Waals surface area contributed by atoms with Crippen LogP contribution in [0.2, 0.25) is 0 Å². The Bertz CT molecular complexity index is 387. The third kappa shape index (κ3) is 1.91. The third-order valence-corrected chi connectivity index (χ3v) is 7.90. The summed E-state index contributed by atoms with van der Waals surface area (Å²) in [5, 5.41) is 2.22. The van der Waals surface area contributed by atoms with E-state index in [1.165, 1.54) is 25.7 Å². The summed E-state index contributed by atoms with van der Waals surface area (Å²) < 4.78 is 0. The maximum Gasteiger partial charge on any atom is 0.0250 e. The SMILES string of the molecule is BrC(Cc1cccs1)C12CC3CC(CC(C3)C1)C2. The molecule has 4 bridgehead atoms. The maximum atomic E-state index is 4.09. The monoisotopic (exact) mass is 324 g/mol. The van der Waals surface area contributed by atoms with E-state index >= 15 is 0 Å². The van der Waals surface area contributed by atoms with Crippen LogP contribution in [0.5, 0.6) is 0 Å². The van der Waals surface area contributed by atoms with E-state index in [9.17, 15) is 0 Å². The standard InChI is InChI=1S/C16H21BrS/c17-15(7-14-2-1-3-18-14)16-8-11-4-12(9-16)6-13(5-11)10-16/h1-3,11-13,15H,4-10H2. The molecule has 4 saturated carbocycles. The first-order valence-corrected chi connectivity index (χ1v) is 9.19. The minimum Gasteiger partial charge on any atom is -0.149 e. The molecule has 5 rings (SSSR count). The van der Waals surface area contributed by atoms with E-state index in [0.29, 0.717) is 5.41 Å². The van der Waals surface area contributed by atoms with Crippen LogP contribution >= 0.6 is 27.3 Å². The van der Waals surface area contributed by atoms with Crippen LogP contribution in [0.15, 0.2) is 17.5 Å². The molecule has 4 aliphatic carbocycles. The molecule has 18 heavy (non-hydrogen) atoms. The number of thiophene rings is 1. The molecule has 0 amide bonds. The fourth-order valence-corrected chi connectivity index (χ4v) is 7.26. The highest BCUT2D eigenvalue weighted by Crippen LogP contribution is 2.62. The van der Waals surface area contributed by atoms with Gasteiger partial charge < -0.3 is 0 Å². The van der Waals surface area contributed by atoms with E-state index < -0.39 is 0 Å². The van der Waals surface area contributed by atoms with Gasteiger partial charge >= 0.3 is 0 Å². The lowest BCUT2D eigenvalue weighted by atomic mass is 9.48. The Kier molecular flexibility index (Phi) is 2.89. The van der Waals surface area contributed by atoms with E-state index in [0.717, 1.165) is 22.6 Å². The van der Waals surface area contributed by atoms with E-state index in [1.807, 2.05) is 11.3 Å². The second-order valence-corrected chi connectivity index (χ2v) is 9.17. The van der Waals surface area contributed by atoms with Gasteiger partial charge in [0.25, 0.3) is 0 Å². The minimum atomic E-state index is 0.652. The Hall–Kier alpha value is 0.180. The highest BCUT2D eigenvalue weighted by molar-refractivity contribution is 9.09. The van der Waals surface area contributed by atoms with Crippen molar-refractivity contribution in [3.05, 3.63) is 22.4 Å². The number of hydrogen-bond acceptors (Lipinski definition) is 1. The quantitative estimate of drug-likeness (QED) is 0.664. The van der Waals surface area contributed by atoms with Gasteiger partial charge in [0.2, 0.25) is 0 Å². The highest BCUT2D eigenvalue weighted by atomic mass is 79.9. The fourth-order valence-electron chi connectivity index (χ4n) is 5.38. The summed E-state index contributed by atoms with van der Waals surface area (Å²) in [6.07, 6.45) is 10.5. The van der Waals surface area contributed by atoms with Crippen LogP contribution < -0.4 is 0 Å². The second kappa shape index (κ2) is 4.34. The van der Waals surface area contributed by atoms with Crippen LogP contribution in [0.4, 0.5) is 0 Å². The summed E-state index contributed by atoms with van der Waals surface area (Å²) in [6.45, 7) is 0. The van der Waals surface area contributed by atoms with Gasteiger partial charge in [-0.15, -0.1) is 11.3 Å². The summed E-state index contributed by atoms with van der Waals surface area (Å²) in [5.41, 5.74) is 0.652. The lowest BCUT2D eigenvalue weighted by Gasteiger charge is -2.58. The number of halogens is 1. The topological polar surface area (TPSA) is 0 Å². The van der Waals surface area contributed by atoms with Gasteiger partial charge in [0.1, 0.15) is 0 Å². The van der Waals surface area contributed by atoms with Crippen LogP contribution in [0.1, 0.15) is 43.4 Å². The Morgan fingerprint density at radius 2 is 1.78 bits per heavy atom. The first kappa shape index (κ1) is 12.0. The summed E-state index contributed by atoms with van der Waals surface area (Å²) in [4.78, 5) is 2.28. The molecule has 1 aromatic heterocycles. The third-order valence-electron chi connectivity index (χ3n) is 5.71. The van der Waals surface area contributed by atoms with Crippen molar-refractivity contribution >= 4 is 27.3 Å². The molecule has 1 atom stereocenters. The predicted molar refractivity (Wildman–Crippen MR) is 81.3 cm³/mol. The predicted octanol–water partition coefficient (Wildman–Crippen LogP) is 5.27. The Morgan fingerprint density at radius 3 is 2.28 bits per heavy atom. The Labute approximate surface area is 122 Å². The van der Waals surface area contributed by atoms with Crippen LogP contribution in [-0.2, 0) is 6.42 Å². The number of rotatable bonds is 3. The zero-order valence-corrected chi connectivity index (χ0v) is 13.2. The summed E-state index contributed by atoms with van der Waals surface area (Å²) in [5.74, 6) is 3.21. The molecule has 4 aliphatic rings. The molecular weight excluding hydrogens is 304 g/mol. The summed E-state index contributed by atoms with van der Waals surface area (Å²) in [7, 11) is 0. The molecule has 0 spiro atoms. The smallest absolute Gasteiger partial charge is 0.0250 e. The summed E-state index contributed by atoms with van der Waals surface area (Å²) in [6, 6.07) is 4.50. The van der Waals surface area contributed by atoms with Crippen LogP contribution in [0, 0.1) is 23.2 Å². The molecular formula is C16H21BrS. The van der Waals surface area contributed by atoms with Gasteiger partial charge in [-0.05, 0) is 79.6 Å². The van der Waals surface area contributed by atoms with Crippen molar-refractivity contribution in [3.63, 3.8) is 0 Å². The molecule has 0 radical (unpaired) electrons. The first-order valence-electron chi connectivity index (χ1n) is 7.40. The fraction of sp³-hybridized carbons (Fsp3) is 0.750. The van der Waals surface area contributed by atoms with Gasteiger partial charge in [0, 0.05) is 9.70 Å². The molecule has 1 heterocycles. The zero-order valence-electron chi connectivity index (χ0n) is 10.8. The van der Waals surface area contributed by atoms with Gasteiger partial charge in [-0.1, -0.05) is 22.0 Å². The molecule has 4 fully saturated rings. The van der Waals surface area contributed by atoms with Crippen LogP contribution in [0.3, 0.4) is 0 Å². The molecule has 2 heteroatoms. The largest absolute Gasteiger partial charge is 0.149 e. The molecule has 0 N–H and O–H groups in total. The second-order valence-electron chi connectivity index (χ2n) is 7.03. The van der Waals surface area contributed by atoms with Gasteiger partial charge in [-0.2, -0.15) is 0 Å². The lowest BCUT2D eigenvalue weighted by Crippen LogP contribution is -2.50. The van der Waals surface area contributed by atoms with E-state index in [1.54, 1.807) is 24.1 Å². The Balaban J connectivity index is 1.56. The van der Waals surface area contributed by atoms with Gasteiger partial charge in [0.05, 0.1) is 0 Å². The number of hydrogen-bond donors (Lipinski definition) is 0. The van der Waals surface area contributed by atoms with E-state index in [2.05, 4.69) is 33.4 Å². The Morgan fingerprint density at radius 1 is 1.17 bits per heavy atom. The van der Waals surface area contributed by atoms with Crippen molar-refractivity contribution in [1.29, 1.82) is 0 Å². The molecule has 98 valence electrons. The van der Waals surface area contributed by atoms with Crippen molar-refractivity contribution in [3.8, 4) is 0 Å². The minimum absolute atomic E-state index is 0.652. The van der Waals surface area contributed by atoms with Gasteiger partial charge in [-0.25, -0.2) is 0 Å². The zero-order chi connectivity index (χ0) is 12.2. The molecule has 1 aromatic rings. The average molecular weight is 325 g/mol. The number of alkyl halides is 1. The van der Waals surface area contributed by atoms with Gasteiger partial charge in [-0.3, -0.25) is 0 Å². The maximum absolute atomic E-state index is 4.09. The first-order chi connectivity index (χ1) is 8.73. The summed E-state index contributed by atoms with van der Waals surface area (Å²) >= 11 is 6.02. The molecule has 1 unspecified atom stereocenters. The average Bonchev–Trinajstić information content (AvgIpc) is 2.79. The van der Waals surface area contributed by atoms with Gasteiger partial charge in [0.15, 0.2) is 0 Å². The van der Waals surface area contributed by atoms with Crippen molar-refractivity contribution in [2.75, 3.05) is 0 Å². The van der Waals surface area contributed by atoms with Crippen molar-refractivity contribution in [1.82, 2.24) is 0 Å². The van der Waals surface area contributed by atoms with Crippen molar-refractivity contribution in [2.24, 2.45) is 23.2 Å². The van der Waals surface area contributed by atoms with Crippen molar-refractivity contribution < 1.29 is 0 Å². The normalized spacial score (nSPS) is 43.3. The molecule has 0 nitrogen and oxygen atoms in total. The van der Waals surface area contributed by atoms with E-state index in [4.69, 9.17) is 0 Å². The molecule has 0 aliphatic heterocycles. The van der Waals surface area contributed by atoms with Crippen LogP contribution in [0.25, 0.3) is 0 Å².